The molecule has 7 heteroatoms. The zero-order chi connectivity index (χ0) is 17.8. The maximum atomic E-state index is 12.3. The van der Waals surface area contributed by atoms with E-state index in [1.165, 1.54) is 17.6 Å². The van der Waals surface area contributed by atoms with E-state index in [9.17, 15) is 4.79 Å². The summed E-state index contributed by atoms with van der Waals surface area (Å²) in [4.78, 5) is 17.6. The van der Waals surface area contributed by atoms with Crippen LogP contribution in [0.25, 0.3) is 10.6 Å². The van der Waals surface area contributed by atoms with Crippen molar-refractivity contribution in [3.8, 4) is 10.6 Å². The van der Waals surface area contributed by atoms with Crippen molar-refractivity contribution < 1.29 is 4.79 Å². The van der Waals surface area contributed by atoms with Crippen LogP contribution in [0.15, 0.2) is 53.6 Å². The summed E-state index contributed by atoms with van der Waals surface area (Å²) >= 11 is 13.3. The van der Waals surface area contributed by atoms with E-state index in [0.717, 1.165) is 21.0 Å². The van der Waals surface area contributed by atoms with Gasteiger partial charge in [0.2, 0.25) is 0 Å². The molecular weight excluding hydrogens is 377 g/mol. The number of carbonyl (C=O) groups excluding carboxylic acids is 1. The predicted molar refractivity (Wildman–Crippen MR) is 104 cm³/mol. The summed E-state index contributed by atoms with van der Waals surface area (Å²) in [7, 11) is 0. The highest BCUT2D eigenvalue weighted by Crippen LogP contribution is 2.27. The van der Waals surface area contributed by atoms with Gasteiger partial charge < -0.3 is 0 Å². The summed E-state index contributed by atoms with van der Waals surface area (Å²) in [6, 6.07) is 14.8. The normalized spacial score (nSPS) is 11.0. The van der Waals surface area contributed by atoms with Crippen molar-refractivity contribution in [3.63, 3.8) is 0 Å². The van der Waals surface area contributed by atoms with Crippen molar-refractivity contribution in [2.75, 3.05) is 0 Å². The lowest BCUT2D eigenvalue weighted by Crippen LogP contribution is -2.18. The number of nitrogens with one attached hydrogen (secondary N) is 1. The Kier molecular flexibility index (Phi) is 5.48. The second kappa shape index (κ2) is 7.78. The number of nitrogens with zero attached hydrogens (tertiary/aromatic N) is 2. The third-order valence-electron chi connectivity index (χ3n) is 3.36. The minimum absolute atomic E-state index is 0.354. The quantitative estimate of drug-likeness (QED) is 0.492. The van der Waals surface area contributed by atoms with Crippen LogP contribution in [0.2, 0.25) is 10.0 Å². The number of amides is 1. The molecule has 0 unspecified atom stereocenters. The maximum Gasteiger partial charge on any atom is 0.291 e. The van der Waals surface area contributed by atoms with Crippen LogP contribution < -0.4 is 5.43 Å². The number of thiazole rings is 1. The number of benzene rings is 2. The third kappa shape index (κ3) is 4.25. The third-order valence-corrected chi connectivity index (χ3v) is 5.11. The van der Waals surface area contributed by atoms with Crippen molar-refractivity contribution in [2.45, 2.75) is 6.92 Å². The average molecular weight is 390 g/mol. The molecule has 0 radical (unpaired) electrons. The lowest BCUT2D eigenvalue weighted by Gasteiger charge is -1.99. The number of halogens is 2. The fourth-order valence-electron chi connectivity index (χ4n) is 2.12. The highest BCUT2D eigenvalue weighted by molar-refractivity contribution is 7.15. The standard InChI is InChI=1S/C18H13Cl2N3OS/c1-11-16(22-18(25-11)13-5-3-2-4-6-13)17(24)23-21-10-12-7-8-14(19)15(20)9-12/h2-10H,1H3,(H,23,24)/b21-10-. The zero-order valence-electron chi connectivity index (χ0n) is 13.2. The van der Waals surface area contributed by atoms with Crippen LogP contribution in [0, 0.1) is 6.92 Å². The van der Waals surface area contributed by atoms with Gasteiger partial charge in [-0.05, 0) is 24.6 Å². The Morgan fingerprint density at radius 3 is 2.64 bits per heavy atom. The van der Waals surface area contributed by atoms with Crippen LogP contribution in [-0.2, 0) is 0 Å². The molecular formula is C18H13Cl2N3OS. The number of carbonyl (C=O) groups is 1. The Labute approximate surface area is 159 Å². The first-order valence-corrected chi connectivity index (χ1v) is 8.93. The van der Waals surface area contributed by atoms with E-state index < -0.39 is 0 Å². The maximum absolute atomic E-state index is 12.3. The molecule has 1 aromatic heterocycles. The van der Waals surface area contributed by atoms with E-state index >= 15 is 0 Å². The molecule has 25 heavy (non-hydrogen) atoms. The lowest BCUT2D eigenvalue weighted by molar-refractivity contribution is 0.0950. The number of aromatic nitrogens is 1. The van der Waals surface area contributed by atoms with Gasteiger partial charge in [0.25, 0.3) is 5.91 Å². The molecule has 126 valence electrons. The van der Waals surface area contributed by atoms with Gasteiger partial charge >= 0.3 is 0 Å². The molecule has 2 aromatic carbocycles. The fourth-order valence-corrected chi connectivity index (χ4v) is 3.34. The molecule has 0 spiro atoms. The van der Waals surface area contributed by atoms with Crippen molar-refractivity contribution in [2.24, 2.45) is 5.10 Å². The van der Waals surface area contributed by atoms with E-state index in [4.69, 9.17) is 23.2 Å². The highest BCUT2D eigenvalue weighted by Gasteiger charge is 2.15. The summed E-state index contributed by atoms with van der Waals surface area (Å²) in [5.41, 5.74) is 4.57. The first-order chi connectivity index (χ1) is 12.0. The average Bonchev–Trinajstić information content (AvgIpc) is 3.01. The molecule has 0 aliphatic rings. The Balaban J connectivity index is 1.72. The van der Waals surface area contributed by atoms with E-state index in [1.807, 2.05) is 37.3 Å². The molecule has 0 aliphatic carbocycles. The van der Waals surface area contributed by atoms with Gasteiger partial charge in [-0.3, -0.25) is 4.79 Å². The smallest absolute Gasteiger partial charge is 0.266 e. The zero-order valence-corrected chi connectivity index (χ0v) is 15.5. The molecule has 4 nitrogen and oxygen atoms in total. The fraction of sp³-hybridized carbons (Fsp3) is 0.0556. The number of hydrazone groups is 1. The SMILES string of the molecule is Cc1sc(-c2ccccc2)nc1C(=O)N/N=C\c1ccc(Cl)c(Cl)c1. The molecule has 1 amide bonds. The van der Waals surface area contributed by atoms with E-state index in [-0.39, 0.29) is 5.91 Å². The van der Waals surface area contributed by atoms with Gasteiger partial charge in [0.1, 0.15) is 10.7 Å². The monoisotopic (exact) mass is 389 g/mol. The Morgan fingerprint density at radius 2 is 1.92 bits per heavy atom. The molecule has 3 aromatic rings. The molecule has 3 rings (SSSR count). The molecule has 0 saturated heterocycles. The number of hydrogen-bond acceptors (Lipinski definition) is 4. The molecule has 0 atom stereocenters. The number of aryl methyl sites for hydroxylation is 1. The predicted octanol–water partition coefficient (Wildman–Crippen LogP) is 5.19. The van der Waals surface area contributed by atoms with Crippen molar-refractivity contribution in [1.82, 2.24) is 10.4 Å². The molecule has 1 heterocycles. The highest BCUT2D eigenvalue weighted by atomic mass is 35.5. The van der Waals surface area contributed by atoms with Crippen LogP contribution >= 0.6 is 34.5 Å². The van der Waals surface area contributed by atoms with Crippen molar-refractivity contribution >= 4 is 46.7 Å². The second-order valence-corrected chi connectivity index (χ2v) is 7.18. The van der Waals surface area contributed by atoms with Gasteiger partial charge in [-0.1, -0.05) is 59.6 Å². The Bertz CT molecular complexity index is 939. The van der Waals surface area contributed by atoms with Gasteiger partial charge in [-0.25, -0.2) is 10.4 Å². The Hall–Kier alpha value is -2.21. The topological polar surface area (TPSA) is 54.4 Å². The van der Waals surface area contributed by atoms with Crippen LogP contribution in [0.5, 0.6) is 0 Å². The van der Waals surface area contributed by atoms with Gasteiger partial charge in [-0.15, -0.1) is 11.3 Å². The molecule has 0 bridgehead atoms. The Morgan fingerprint density at radius 1 is 1.16 bits per heavy atom. The molecule has 1 N–H and O–H groups in total. The van der Waals surface area contributed by atoms with Gasteiger partial charge in [0, 0.05) is 10.4 Å². The summed E-state index contributed by atoms with van der Waals surface area (Å²) < 4.78 is 0. The van der Waals surface area contributed by atoms with Gasteiger partial charge in [0.15, 0.2) is 0 Å². The van der Waals surface area contributed by atoms with E-state index in [0.29, 0.717) is 15.7 Å². The molecule has 0 fully saturated rings. The first kappa shape index (κ1) is 17.6. The van der Waals surface area contributed by atoms with E-state index in [1.54, 1.807) is 18.2 Å². The van der Waals surface area contributed by atoms with Gasteiger partial charge in [-0.2, -0.15) is 5.10 Å². The summed E-state index contributed by atoms with van der Waals surface area (Å²) in [5.74, 6) is -0.354. The summed E-state index contributed by atoms with van der Waals surface area (Å²) in [5, 5.41) is 5.65. The van der Waals surface area contributed by atoms with Crippen LogP contribution in [0.3, 0.4) is 0 Å². The minimum atomic E-state index is -0.354. The van der Waals surface area contributed by atoms with Crippen molar-refractivity contribution in [3.05, 3.63) is 74.7 Å². The first-order valence-electron chi connectivity index (χ1n) is 7.36. The summed E-state index contributed by atoms with van der Waals surface area (Å²) in [6.07, 6.45) is 1.50. The summed E-state index contributed by atoms with van der Waals surface area (Å²) in [6.45, 7) is 1.86. The second-order valence-electron chi connectivity index (χ2n) is 5.16. The minimum Gasteiger partial charge on any atom is -0.266 e. The van der Waals surface area contributed by atoms with Crippen molar-refractivity contribution in [1.29, 1.82) is 0 Å². The van der Waals surface area contributed by atoms with Crippen LogP contribution in [0.1, 0.15) is 20.9 Å². The largest absolute Gasteiger partial charge is 0.291 e. The molecule has 0 aliphatic heterocycles. The number of rotatable bonds is 4. The van der Waals surface area contributed by atoms with E-state index in [2.05, 4.69) is 15.5 Å². The lowest BCUT2D eigenvalue weighted by atomic mass is 10.2. The van der Waals surface area contributed by atoms with Crippen LogP contribution in [0.4, 0.5) is 0 Å². The number of hydrogen-bond donors (Lipinski definition) is 1. The van der Waals surface area contributed by atoms with Gasteiger partial charge in [0.05, 0.1) is 16.3 Å². The molecule has 0 saturated carbocycles. The van der Waals surface area contributed by atoms with Crippen LogP contribution in [-0.4, -0.2) is 17.1 Å².